The Kier molecular flexibility index (Phi) is 5.34. The molecule has 1 fully saturated rings. The molecule has 0 aromatic heterocycles. The van der Waals surface area contributed by atoms with Gasteiger partial charge < -0.3 is 30.3 Å². The van der Waals surface area contributed by atoms with Crippen LogP contribution in [0.2, 0.25) is 0 Å². The second-order valence-electron chi connectivity index (χ2n) is 6.39. The van der Waals surface area contributed by atoms with E-state index >= 15 is 0 Å². The van der Waals surface area contributed by atoms with Gasteiger partial charge in [-0.1, -0.05) is 6.07 Å². The number of carbonyl (C=O) groups is 2. The molecule has 8 heteroatoms. The van der Waals surface area contributed by atoms with E-state index in [9.17, 15) is 35.1 Å². The minimum Gasteiger partial charge on any atom is -0.504 e. The van der Waals surface area contributed by atoms with E-state index in [2.05, 4.69) is 0 Å². The van der Waals surface area contributed by atoms with E-state index < -0.39 is 35.7 Å². The van der Waals surface area contributed by atoms with Crippen molar-refractivity contribution in [1.82, 2.24) is 0 Å². The summed E-state index contributed by atoms with van der Waals surface area (Å²) in [6.45, 7) is 1.42. The van der Waals surface area contributed by atoms with Crippen LogP contribution in [0.3, 0.4) is 0 Å². The third-order valence-electron chi connectivity index (χ3n) is 4.28. The number of carboxylic acid groups (broad SMARTS) is 1. The van der Waals surface area contributed by atoms with Crippen molar-refractivity contribution in [1.29, 1.82) is 0 Å². The maximum atomic E-state index is 11.9. The molecule has 5 N–H and O–H groups in total. The number of carboxylic acids is 1. The summed E-state index contributed by atoms with van der Waals surface area (Å²) in [5.41, 5.74) is -0.886. The second-order valence-corrected chi connectivity index (χ2v) is 6.39. The van der Waals surface area contributed by atoms with Gasteiger partial charge in [-0.25, -0.2) is 4.79 Å². The Bertz CT molecular complexity index is 698. The molecule has 0 amide bonds. The number of aromatic hydroxyl groups is 2. The molecule has 1 aliphatic rings. The molecule has 0 unspecified atom stereocenters. The minimum atomic E-state index is -1.37. The molecule has 0 heterocycles. The number of phenolic OH excluding ortho intramolecular Hbond substituents is 2. The van der Waals surface area contributed by atoms with Gasteiger partial charge >= 0.3 is 11.9 Å². The Labute approximate surface area is 143 Å². The Morgan fingerprint density at radius 1 is 1.20 bits per heavy atom. The topological polar surface area (TPSA) is 145 Å². The lowest BCUT2D eigenvalue weighted by atomic mass is 9.72. The van der Waals surface area contributed by atoms with E-state index in [4.69, 9.17) is 4.74 Å². The molecule has 8 nitrogen and oxygen atoms in total. The molecule has 2 rings (SSSR count). The lowest BCUT2D eigenvalue weighted by Crippen LogP contribution is -2.52. The molecular weight excluding hydrogens is 332 g/mol. The van der Waals surface area contributed by atoms with Crippen LogP contribution in [-0.2, 0) is 14.3 Å². The third-order valence-corrected chi connectivity index (χ3v) is 4.28. The number of phenols is 2. The molecule has 4 atom stereocenters. The van der Waals surface area contributed by atoms with E-state index in [0.717, 1.165) is 6.08 Å². The number of esters is 1. The predicted octanol–water partition coefficient (Wildman–Crippen LogP) is 0.629. The summed E-state index contributed by atoms with van der Waals surface area (Å²) in [5, 5.41) is 47.6. The molecular formula is C17H20O8. The smallest absolute Gasteiger partial charge is 0.331 e. The van der Waals surface area contributed by atoms with Gasteiger partial charge in [0.25, 0.3) is 0 Å². The monoisotopic (exact) mass is 352 g/mol. The number of hydrogen-bond donors (Lipinski definition) is 5. The number of rotatable bonds is 4. The highest BCUT2D eigenvalue weighted by Gasteiger charge is 2.48. The molecule has 0 radical (unpaired) electrons. The summed E-state index contributed by atoms with van der Waals surface area (Å²) in [6.07, 6.45) is -1.75. The summed E-state index contributed by atoms with van der Waals surface area (Å²) in [4.78, 5) is 23.2. The summed E-state index contributed by atoms with van der Waals surface area (Å²) < 4.78 is 5.08. The maximum Gasteiger partial charge on any atom is 0.331 e. The first kappa shape index (κ1) is 18.8. The third kappa shape index (κ3) is 4.28. The zero-order valence-corrected chi connectivity index (χ0v) is 13.5. The fourth-order valence-electron chi connectivity index (χ4n) is 2.76. The van der Waals surface area contributed by atoms with Gasteiger partial charge in [-0.3, -0.25) is 4.79 Å². The van der Waals surface area contributed by atoms with Gasteiger partial charge in [0.05, 0.1) is 11.5 Å². The minimum absolute atomic E-state index is 0.125. The van der Waals surface area contributed by atoms with Crippen LogP contribution in [-0.4, -0.2) is 55.8 Å². The van der Waals surface area contributed by atoms with E-state index in [1.54, 1.807) is 0 Å². The highest BCUT2D eigenvalue weighted by atomic mass is 16.6. The first-order chi connectivity index (χ1) is 11.6. The Morgan fingerprint density at radius 2 is 1.88 bits per heavy atom. The van der Waals surface area contributed by atoms with E-state index in [-0.39, 0.29) is 24.3 Å². The SMILES string of the molecule is C[C@@]1(C(=O)O)C[C@@H](O)[C@@H](O)[C@H](OC(=O)/C=C/c2ccc(O)c(O)c2)C1. The van der Waals surface area contributed by atoms with Gasteiger partial charge in [-0.05, 0) is 37.1 Å². The Morgan fingerprint density at radius 3 is 2.48 bits per heavy atom. The van der Waals surface area contributed by atoms with Crippen molar-refractivity contribution in [2.75, 3.05) is 0 Å². The molecule has 1 saturated carbocycles. The zero-order chi connectivity index (χ0) is 18.8. The zero-order valence-electron chi connectivity index (χ0n) is 13.5. The van der Waals surface area contributed by atoms with Gasteiger partial charge in [0, 0.05) is 12.5 Å². The highest BCUT2D eigenvalue weighted by Crippen LogP contribution is 2.38. The lowest BCUT2D eigenvalue weighted by molar-refractivity contribution is -0.180. The van der Waals surface area contributed by atoms with Crippen LogP contribution >= 0.6 is 0 Å². The quantitative estimate of drug-likeness (QED) is 0.301. The van der Waals surface area contributed by atoms with Crippen molar-refractivity contribution in [3.63, 3.8) is 0 Å². The van der Waals surface area contributed by atoms with E-state index in [1.165, 1.54) is 31.2 Å². The van der Waals surface area contributed by atoms with Crippen LogP contribution in [0.25, 0.3) is 6.08 Å². The summed E-state index contributed by atoms with van der Waals surface area (Å²) in [5.74, 6) is -2.63. The van der Waals surface area contributed by atoms with E-state index in [1.807, 2.05) is 0 Å². The second kappa shape index (κ2) is 7.12. The van der Waals surface area contributed by atoms with Crippen molar-refractivity contribution < 1.29 is 39.9 Å². The Balaban J connectivity index is 2.06. The van der Waals surface area contributed by atoms with Gasteiger partial charge in [0.1, 0.15) is 12.2 Å². The van der Waals surface area contributed by atoms with Crippen molar-refractivity contribution >= 4 is 18.0 Å². The number of carbonyl (C=O) groups excluding carboxylic acids is 1. The van der Waals surface area contributed by atoms with Crippen molar-refractivity contribution in [3.05, 3.63) is 29.8 Å². The van der Waals surface area contributed by atoms with Crippen LogP contribution in [0.4, 0.5) is 0 Å². The molecule has 0 saturated heterocycles. The highest BCUT2D eigenvalue weighted by molar-refractivity contribution is 5.87. The number of aliphatic hydroxyl groups excluding tert-OH is 2. The first-order valence-corrected chi connectivity index (χ1v) is 7.62. The standard InChI is InChI=1S/C17H20O8/c1-17(16(23)24)7-12(20)15(22)13(8-17)25-14(21)5-3-9-2-4-10(18)11(19)6-9/h2-6,12-13,15,18-20,22H,7-8H2,1H3,(H,23,24)/b5-3+/t12-,13-,15-,17-/m1/s1. The van der Waals surface area contributed by atoms with Crippen LogP contribution in [0.1, 0.15) is 25.3 Å². The number of aliphatic carboxylic acids is 1. The lowest BCUT2D eigenvalue weighted by Gasteiger charge is -2.40. The van der Waals surface area contributed by atoms with Gasteiger partial charge in [-0.15, -0.1) is 0 Å². The molecule has 0 aliphatic heterocycles. The number of benzene rings is 1. The summed E-state index contributed by atoms with van der Waals surface area (Å²) in [7, 11) is 0. The van der Waals surface area contributed by atoms with Gasteiger partial charge in [0.2, 0.25) is 0 Å². The number of aliphatic hydroxyl groups is 2. The Hall–Kier alpha value is -2.58. The van der Waals surface area contributed by atoms with Crippen LogP contribution in [0, 0.1) is 5.41 Å². The van der Waals surface area contributed by atoms with Crippen molar-refractivity contribution in [3.8, 4) is 11.5 Å². The normalized spacial score (nSPS) is 29.5. The maximum absolute atomic E-state index is 11.9. The van der Waals surface area contributed by atoms with Gasteiger partial charge in [-0.2, -0.15) is 0 Å². The average molecular weight is 352 g/mol. The van der Waals surface area contributed by atoms with Gasteiger partial charge in [0.15, 0.2) is 11.5 Å². The average Bonchev–Trinajstić information content (AvgIpc) is 2.53. The number of hydrogen-bond acceptors (Lipinski definition) is 7. The predicted molar refractivity (Wildman–Crippen MR) is 85.7 cm³/mol. The molecule has 1 aromatic rings. The molecule has 25 heavy (non-hydrogen) atoms. The summed E-state index contributed by atoms with van der Waals surface area (Å²) >= 11 is 0. The van der Waals surface area contributed by atoms with Crippen LogP contribution in [0.5, 0.6) is 11.5 Å². The van der Waals surface area contributed by atoms with Crippen LogP contribution < -0.4 is 0 Å². The number of ether oxygens (including phenoxy) is 1. The first-order valence-electron chi connectivity index (χ1n) is 7.62. The molecule has 1 aromatic carbocycles. The fraction of sp³-hybridized carbons (Fsp3) is 0.412. The molecule has 0 spiro atoms. The summed E-state index contributed by atoms with van der Waals surface area (Å²) in [6, 6.07) is 3.94. The van der Waals surface area contributed by atoms with Crippen molar-refractivity contribution in [2.24, 2.45) is 5.41 Å². The molecule has 136 valence electrons. The largest absolute Gasteiger partial charge is 0.504 e. The van der Waals surface area contributed by atoms with Crippen molar-refractivity contribution in [2.45, 2.75) is 38.1 Å². The fourth-order valence-corrected chi connectivity index (χ4v) is 2.76. The van der Waals surface area contributed by atoms with E-state index in [0.29, 0.717) is 5.56 Å². The molecule has 0 bridgehead atoms. The van der Waals surface area contributed by atoms with Crippen LogP contribution in [0.15, 0.2) is 24.3 Å². The molecule has 1 aliphatic carbocycles.